The van der Waals surface area contributed by atoms with Gasteiger partial charge in [0, 0.05) is 11.3 Å². The molecule has 2 aromatic carbocycles. The molecule has 0 atom stereocenters. The van der Waals surface area contributed by atoms with Crippen molar-refractivity contribution in [2.45, 2.75) is 0 Å². The number of nitriles is 1. The van der Waals surface area contributed by atoms with Crippen LogP contribution in [0.5, 0.6) is 0 Å². The smallest absolute Gasteiger partial charge is 0.282 e. The third-order valence-electron chi connectivity index (χ3n) is 3.26. The number of para-hydroxylation sites is 1. The van der Waals surface area contributed by atoms with E-state index in [2.05, 4.69) is 0 Å². The zero-order chi connectivity index (χ0) is 14.8. The lowest BCUT2D eigenvalue weighted by Crippen LogP contribution is -2.28. The van der Waals surface area contributed by atoms with Crippen molar-refractivity contribution >= 4 is 23.1 Å². The zero-order valence-electron chi connectivity index (χ0n) is 11.0. The molecule has 1 amide bonds. The average Bonchev–Trinajstić information content (AvgIpc) is 2.80. The summed E-state index contributed by atoms with van der Waals surface area (Å²) >= 11 is 0. The molecule has 3 rings (SSSR count). The molecule has 0 saturated carbocycles. The Morgan fingerprint density at radius 3 is 2.00 bits per heavy atom. The van der Waals surface area contributed by atoms with E-state index in [0.717, 1.165) is 0 Å². The van der Waals surface area contributed by atoms with E-state index < -0.39 is 11.7 Å². The highest BCUT2D eigenvalue weighted by Gasteiger charge is 2.40. The van der Waals surface area contributed by atoms with Crippen LogP contribution in [-0.4, -0.2) is 11.7 Å². The average molecular weight is 274 g/mol. The van der Waals surface area contributed by atoms with Gasteiger partial charge in [0.05, 0.1) is 5.70 Å². The van der Waals surface area contributed by atoms with Gasteiger partial charge in [-0.1, -0.05) is 48.5 Å². The molecule has 2 aromatic rings. The second kappa shape index (κ2) is 5.06. The van der Waals surface area contributed by atoms with E-state index >= 15 is 0 Å². The molecule has 0 saturated heterocycles. The molecule has 1 aliphatic heterocycles. The van der Waals surface area contributed by atoms with Crippen molar-refractivity contribution in [3.8, 4) is 6.07 Å². The Hall–Kier alpha value is -3.19. The van der Waals surface area contributed by atoms with Gasteiger partial charge in [-0.05, 0) is 12.1 Å². The molecule has 1 aliphatic rings. The molecule has 0 radical (unpaired) electrons. The van der Waals surface area contributed by atoms with Crippen LogP contribution in [0.4, 0.5) is 5.69 Å². The Kier molecular flexibility index (Phi) is 3.09. The number of amides is 1. The lowest BCUT2D eigenvalue weighted by atomic mass is 10.1. The van der Waals surface area contributed by atoms with Crippen LogP contribution >= 0.6 is 0 Å². The summed E-state index contributed by atoms with van der Waals surface area (Å²) in [5.74, 6) is -1.46. The van der Waals surface area contributed by atoms with E-state index in [1.54, 1.807) is 48.5 Å². The topological polar surface area (TPSA) is 61.2 Å². The molecule has 0 fully saturated rings. The molecule has 0 aromatic heterocycles. The van der Waals surface area contributed by atoms with Crippen LogP contribution in [-0.2, 0) is 9.59 Å². The lowest BCUT2D eigenvalue weighted by molar-refractivity contribution is -0.132. The van der Waals surface area contributed by atoms with E-state index in [-0.39, 0.29) is 5.57 Å². The highest BCUT2D eigenvalue weighted by atomic mass is 16.2. The first-order chi connectivity index (χ1) is 10.2. The van der Waals surface area contributed by atoms with Gasteiger partial charge in [0.15, 0.2) is 0 Å². The van der Waals surface area contributed by atoms with Gasteiger partial charge >= 0.3 is 5.91 Å². The molecular weight excluding hydrogens is 264 g/mol. The number of Topliss-reactive ketones (excluding diaryl/α,β-unsaturated/α-hetero) is 1. The lowest BCUT2D eigenvalue weighted by Gasteiger charge is -2.19. The molecule has 0 unspecified atom stereocenters. The number of hydrogen-bond acceptors (Lipinski definition) is 3. The van der Waals surface area contributed by atoms with Crippen LogP contribution in [0.15, 0.2) is 66.2 Å². The number of ketones is 1. The highest BCUT2D eigenvalue weighted by Crippen LogP contribution is 2.34. The summed E-state index contributed by atoms with van der Waals surface area (Å²) in [5, 5.41) is 9.24. The molecule has 21 heavy (non-hydrogen) atoms. The third-order valence-corrected chi connectivity index (χ3v) is 3.26. The molecule has 0 N–H and O–H groups in total. The highest BCUT2D eigenvalue weighted by molar-refractivity contribution is 6.55. The maximum absolute atomic E-state index is 12.2. The Balaban J connectivity index is 2.24. The van der Waals surface area contributed by atoms with Crippen molar-refractivity contribution in [1.82, 2.24) is 0 Å². The fourth-order valence-electron chi connectivity index (χ4n) is 2.33. The normalized spacial score (nSPS) is 14.5. The van der Waals surface area contributed by atoms with Gasteiger partial charge in [-0.15, -0.1) is 0 Å². The summed E-state index contributed by atoms with van der Waals surface area (Å²) < 4.78 is 0. The van der Waals surface area contributed by atoms with Crippen molar-refractivity contribution in [3.63, 3.8) is 0 Å². The molecule has 100 valence electrons. The van der Waals surface area contributed by atoms with E-state index in [4.69, 9.17) is 0 Å². The second-order valence-corrected chi connectivity index (χ2v) is 4.51. The van der Waals surface area contributed by atoms with Gasteiger partial charge in [-0.2, -0.15) is 5.26 Å². The number of benzene rings is 2. The maximum atomic E-state index is 12.2. The fourth-order valence-corrected chi connectivity index (χ4v) is 2.33. The van der Waals surface area contributed by atoms with Gasteiger partial charge in [-0.3, -0.25) is 14.5 Å². The monoisotopic (exact) mass is 274 g/mol. The summed E-state index contributed by atoms with van der Waals surface area (Å²) in [6.45, 7) is 0. The summed E-state index contributed by atoms with van der Waals surface area (Å²) in [5.41, 5.74) is 1.46. The summed E-state index contributed by atoms with van der Waals surface area (Å²) in [6.07, 6.45) is 0. The van der Waals surface area contributed by atoms with Gasteiger partial charge in [0.2, 0.25) is 0 Å². The Morgan fingerprint density at radius 1 is 0.857 bits per heavy atom. The minimum Gasteiger partial charge on any atom is -0.282 e. The number of anilines is 1. The van der Waals surface area contributed by atoms with Gasteiger partial charge in [-0.25, -0.2) is 0 Å². The molecule has 1 heterocycles. The number of nitrogens with zero attached hydrogens (tertiary/aromatic N) is 2. The summed E-state index contributed by atoms with van der Waals surface area (Å²) in [7, 11) is 0. The van der Waals surface area contributed by atoms with Crippen molar-refractivity contribution in [2.24, 2.45) is 0 Å². The maximum Gasteiger partial charge on any atom is 0.304 e. The van der Waals surface area contributed by atoms with E-state index in [0.29, 0.717) is 16.9 Å². The van der Waals surface area contributed by atoms with Crippen LogP contribution < -0.4 is 4.90 Å². The van der Waals surface area contributed by atoms with Crippen LogP contribution in [0.3, 0.4) is 0 Å². The Morgan fingerprint density at radius 2 is 1.43 bits per heavy atom. The Bertz CT molecular complexity index is 787. The predicted octanol–water partition coefficient (Wildman–Crippen LogP) is 2.54. The molecular formula is C17H10N2O2. The van der Waals surface area contributed by atoms with Crippen molar-refractivity contribution < 1.29 is 9.59 Å². The third kappa shape index (κ3) is 2.01. The largest absolute Gasteiger partial charge is 0.304 e. The molecule has 0 bridgehead atoms. The molecule has 4 nitrogen and oxygen atoms in total. The number of carbonyl (C=O) groups is 2. The SMILES string of the molecule is N#CC1=C(c2ccccc2)N(c2ccccc2)C(=O)C1=O. The van der Waals surface area contributed by atoms with E-state index in [9.17, 15) is 14.9 Å². The summed E-state index contributed by atoms with van der Waals surface area (Å²) in [4.78, 5) is 25.6. The van der Waals surface area contributed by atoms with Crippen molar-refractivity contribution in [2.75, 3.05) is 4.90 Å². The predicted molar refractivity (Wildman–Crippen MR) is 77.9 cm³/mol. The van der Waals surface area contributed by atoms with Crippen molar-refractivity contribution in [3.05, 3.63) is 71.8 Å². The first-order valence-corrected chi connectivity index (χ1v) is 6.37. The van der Waals surface area contributed by atoms with Crippen LogP contribution in [0.25, 0.3) is 5.70 Å². The van der Waals surface area contributed by atoms with E-state index in [1.807, 2.05) is 18.2 Å². The summed E-state index contributed by atoms with van der Waals surface area (Å²) in [6, 6.07) is 19.7. The zero-order valence-corrected chi connectivity index (χ0v) is 11.0. The standard InChI is InChI=1S/C17H10N2O2/c18-11-14-15(12-7-3-1-4-8-12)19(17(21)16(14)20)13-9-5-2-6-10-13/h1-10H. The van der Waals surface area contributed by atoms with Crippen LogP contribution in [0.1, 0.15) is 5.56 Å². The quantitative estimate of drug-likeness (QED) is 0.791. The minimum atomic E-state index is -0.764. The molecule has 0 aliphatic carbocycles. The molecule has 0 spiro atoms. The van der Waals surface area contributed by atoms with Gasteiger partial charge in [0.25, 0.3) is 5.78 Å². The first-order valence-electron chi connectivity index (χ1n) is 6.37. The molecule has 4 heteroatoms. The van der Waals surface area contributed by atoms with Gasteiger partial charge < -0.3 is 0 Å². The number of carbonyl (C=O) groups excluding carboxylic acids is 2. The number of hydrogen-bond donors (Lipinski definition) is 0. The van der Waals surface area contributed by atoms with Crippen molar-refractivity contribution in [1.29, 1.82) is 5.26 Å². The first kappa shape index (κ1) is 12.8. The Labute approximate surface area is 121 Å². The van der Waals surface area contributed by atoms with Gasteiger partial charge in [0.1, 0.15) is 11.6 Å². The minimum absolute atomic E-state index is 0.116. The fraction of sp³-hybridized carbons (Fsp3) is 0. The number of rotatable bonds is 2. The second-order valence-electron chi connectivity index (χ2n) is 4.51. The van der Waals surface area contributed by atoms with E-state index in [1.165, 1.54) is 4.90 Å². The van der Waals surface area contributed by atoms with Crippen LogP contribution in [0.2, 0.25) is 0 Å². The van der Waals surface area contributed by atoms with Crippen LogP contribution in [0, 0.1) is 11.3 Å².